The normalized spacial score (nSPS) is 15.5. The second-order valence-electron chi connectivity index (χ2n) is 9.64. The average molecular weight is 503 g/mol. The number of nitrogens with zero attached hydrogens (tertiary/aromatic N) is 5. The number of pyridine rings is 1. The molecular weight excluding hydrogens is 472 g/mol. The summed E-state index contributed by atoms with van der Waals surface area (Å²) in [7, 11) is 1.67. The second-order valence-corrected chi connectivity index (χ2v) is 9.64. The highest BCUT2D eigenvalue weighted by atomic mass is 16.6. The summed E-state index contributed by atoms with van der Waals surface area (Å²) in [6.45, 7) is 2.49. The van der Waals surface area contributed by atoms with Gasteiger partial charge in [0.25, 0.3) is 5.56 Å². The van der Waals surface area contributed by atoms with Gasteiger partial charge in [-0.25, -0.2) is 4.68 Å². The molecule has 2 aromatic heterocycles. The lowest BCUT2D eigenvalue weighted by molar-refractivity contribution is 0.172. The Labute approximate surface area is 214 Å². The van der Waals surface area contributed by atoms with Crippen LogP contribution >= 0.6 is 0 Å². The monoisotopic (exact) mass is 502 g/mol. The number of tetrazole rings is 1. The van der Waals surface area contributed by atoms with Crippen molar-refractivity contribution >= 4 is 10.9 Å². The van der Waals surface area contributed by atoms with E-state index in [1.807, 2.05) is 47.1 Å². The largest absolute Gasteiger partial charge is 0.496 e. The van der Waals surface area contributed by atoms with Gasteiger partial charge in [-0.2, -0.15) is 0 Å². The van der Waals surface area contributed by atoms with Gasteiger partial charge in [0, 0.05) is 35.7 Å². The van der Waals surface area contributed by atoms with Crippen LogP contribution in [0.2, 0.25) is 0 Å². The van der Waals surface area contributed by atoms with Crippen LogP contribution in [0.1, 0.15) is 48.7 Å². The van der Waals surface area contributed by atoms with E-state index in [1.54, 1.807) is 7.11 Å². The molecule has 0 spiro atoms. The Hall–Kier alpha value is -3.92. The van der Waals surface area contributed by atoms with E-state index in [0.29, 0.717) is 56.0 Å². The van der Waals surface area contributed by atoms with E-state index in [-0.39, 0.29) is 5.56 Å². The van der Waals surface area contributed by atoms with Gasteiger partial charge in [-0.15, -0.1) is 5.10 Å². The van der Waals surface area contributed by atoms with Crippen molar-refractivity contribution in [1.82, 2.24) is 30.1 Å². The van der Waals surface area contributed by atoms with Crippen LogP contribution < -0.4 is 19.8 Å². The average Bonchev–Trinajstić information content (AvgIpc) is 3.60. The molecule has 0 saturated heterocycles. The van der Waals surface area contributed by atoms with Crippen LogP contribution in [0.4, 0.5) is 0 Å². The third-order valence-corrected chi connectivity index (χ3v) is 7.16. The van der Waals surface area contributed by atoms with Gasteiger partial charge in [-0.1, -0.05) is 31.0 Å². The van der Waals surface area contributed by atoms with E-state index in [4.69, 9.17) is 14.2 Å². The number of nitrogens with one attached hydrogen (secondary N) is 1. The Morgan fingerprint density at radius 3 is 2.59 bits per heavy atom. The minimum absolute atomic E-state index is 0.135. The quantitative estimate of drug-likeness (QED) is 0.389. The first-order valence-corrected chi connectivity index (χ1v) is 12.7. The van der Waals surface area contributed by atoms with Crippen molar-refractivity contribution < 1.29 is 14.2 Å². The molecular formula is C27H30N6O4. The first-order chi connectivity index (χ1) is 18.2. The topological polar surface area (TPSA) is 107 Å². The predicted molar refractivity (Wildman–Crippen MR) is 137 cm³/mol. The highest BCUT2D eigenvalue weighted by molar-refractivity contribution is 5.83. The molecule has 1 aliphatic heterocycles. The molecule has 37 heavy (non-hydrogen) atoms. The van der Waals surface area contributed by atoms with Crippen molar-refractivity contribution in [2.75, 3.05) is 20.3 Å². The highest BCUT2D eigenvalue weighted by Crippen LogP contribution is 2.34. The lowest BCUT2D eigenvalue weighted by Crippen LogP contribution is -2.28. The molecule has 0 amide bonds. The Kier molecular flexibility index (Phi) is 6.48. The lowest BCUT2D eigenvalue weighted by Gasteiger charge is -2.24. The molecule has 0 unspecified atom stereocenters. The molecule has 10 heteroatoms. The van der Waals surface area contributed by atoms with E-state index in [1.165, 1.54) is 12.8 Å². The zero-order valence-corrected chi connectivity index (χ0v) is 20.9. The van der Waals surface area contributed by atoms with Gasteiger partial charge in [0.2, 0.25) is 0 Å². The molecule has 1 saturated carbocycles. The van der Waals surface area contributed by atoms with Crippen molar-refractivity contribution in [3.05, 3.63) is 69.8 Å². The number of ether oxygens (including phenoxy) is 3. The van der Waals surface area contributed by atoms with Crippen molar-refractivity contribution in [3.8, 4) is 17.2 Å². The number of rotatable bonds is 8. The zero-order chi connectivity index (χ0) is 25.2. The fourth-order valence-corrected chi connectivity index (χ4v) is 5.34. The smallest absolute Gasteiger partial charge is 0.252 e. The second kappa shape index (κ2) is 10.2. The van der Waals surface area contributed by atoms with Gasteiger partial charge in [0.05, 0.1) is 25.2 Å². The van der Waals surface area contributed by atoms with Gasteiger partial charge in [-0.3, -0.25) is 9.69 Å². The number of hydrogen-bond donors (Lipinski definition) is 1. The molecule has 4 aromatic rings. The molecule has 1 N–H and O–H groups in total. The maximum absolute atomic E-state index is 13.2. The molecule has 2 aliphatic rings. The third kappa shape index (κ3) is 4.89. The van der Waals surface area contributed by atoms with Crippen molar-refractivity contribution in [3.63, 3.8) is 0 Å². The number of fused-ring (bicyclic) bond motifs is 2. The lowest BCUT2D eigenvalue weighted by atomic mass is 10.1. The van der Waals surface area contributed by atoms with Crippen molar-refractivity contribution in [2.24, 2.45) is 0 Å². The number of aromatic nitrogens is 5. The van der Waals surface area contributed by atoms with E-state index in [2.05, 4.69) is 25.4 Å². The molecule has 0 bridgehead atoms. The first kappa shape index (κ1) is 23.5. The third-order valence-electron chi connectivity index (χ3n) is 7.16. The number of H-pyrrole nitrogens is 1. The maximum Gasteiger partial charge on any atom is 0.252 e. The van der Waals surface area contributed by atoms with Crippen LogP contribution in [0.5, 0.6) is 17.2 Å². The SMILES string of the molecule is COc1ccccc1CN(Cc1cc2cc3c(cc2[nH]c1=O)OCCO3)Cc1nnnn1C1CCCC1. The van der Waals surface area contributed by atoms with Gasteiger partial charge < -0.3 is 19.2 Å². The molecule has 2 aromatic carbocycles. The maximum atomic E-state index is 13.2. The molecule has 1 fully saturated rings. The molecule has 1 aliphatic carbocycles. The highest BCUT2D eigenvalue weighted by Gasteiger charge is 2.24. The summed E-state index contributed by atoms with van der Waals surface area (Å²) in [6.07, 6.45) is 4.57. The number of methoxy groups -OCH3 is 1. The fourth-order valence-electron chi connectivity index (χ4n) is 5.34. The summed E-state index contributed by atoms with van der Waals surface area (Å²) < 4.78 is 19.0. The van der Waals surface area contributed by atoms with Gasteiger partial charge >= 0.3 is 0 Å². The zero-order valence-electron chi connectivity index (χ0n) is 20.9. The van der Waals surface area contributed by atoms with Gasteiger partial charge in [0.15, 0.2) is 17.3 Å². The summed E-state index contributed by atoms with van der Waals surface area (Å²) in [5.41, 5.74) is 2.27. The summed E-state index contributed by atoms with van der Waals surface area (Å²) in [4.78, 5) is 18.4. The van der Waals surface area contributed by atoms with Crippen LogP contribution in [0.15, 0.2) is 47.3 Å². The van der Waals surface area contributed by atoms with Gasteiger partial charge in [-0.05, 0) is 41.5 Å². The molecule has 0 radical (unpaired) electrons. The van der Waals surface area contributed by atoms with Crippen molar-refractivity contribution in [2.45, 2.75) is 51.4 Å². The first-order valence-electron chi connectivity index (χ1n) is 12.7. The molecule has 192 valence electrons. The van der Waals surface area contributed by atoms with E-state index < -0.39 is 0 Å². The van der Waals surface area contributed by atoms with Crippen LogP contribution in [0.3, 0.4) is 0 Å². The predicted octanol–water partition coefficient (Wildman–Crippen LogP) is 3.61. The van der Waals surface area contributed by atoms with Crippen LogP contribution in [0.25, 0.3) is 10.9 Å². The minimum atomic E-state index is -0.135. The minimum Gasteiger partial charge on any atom is -0.496 e. The van der Waals surface area contributed by atoms with Crippen molar-refractivity contribution in [1.29, 1.82) is 0 Å². The van der Waals surface area contributed by atoms with E-state index >= 15 is 0 Å². The number of aromatic amines is 1. The molecule has 6 rings (SSSR count). The van der Waals surface area contributed by atoms with Crippen LogP contribution in [-0.4, -0.2) is 50.4 Å². The Morgan fingerprint density at radius 1 is 1.03 bits per heavy atom. The summed E-state index contributed by atoms with van der Waals surface area (Å²) >= 11 is 0. The standard InChI is InChI=1S/C27H30N6O4/c1-35-23-9-5-2-6-18(23)15-32(17-26-29-30-31-33(26)21-7-3-4-8-21)16-20-12-19-13-24-25(37-11-10-36-24)14-22(19)28-27(20)34/h2,5-6,9,12-14,21H,3-4,7-8,10-11,15-17H2,1H3,(H,28,34). The number of benzene rings is 2. The Balaban J connectivity index is 1.33. The van der Waals surface area contributed by atoms with E-state index in [9.17, 15) is 4.79 Å². The summed E-state index contributed by atoms with van der Waals surface area (Å²) in [5, 5.41) is 13.5. The van der Waals surface area contributed by atoms with Crippen LogP contribution in [-0.2, 0) is 19.6 Å². The molecule has 0 atom stereocenters. The molecule has 10 nitrogen and oxygen atoms in total. The number of para-hydroxylation sites is 1. The van der Waals surface area contributed by atoms with E-state index in [0.717, 1.165) is 40.9 Å². The fraction of sp³-hybridized carbons (Fsp3) is 0.407. The summed E-state index contributed by atoms with van der Waals surface area (Å²) in [6, 6.07) is 14.0. The number of hydrogen-bond acceptors (Lipinski definition) is 8. The Morgan fingerprint density at radius 2 is 1.78 bits per heavy atom. The van der Waals surface area contributed by atoms with Gasteiger partial charge in [0.1, 0.15) is 19.0 Å². The Bertz CT molecular complexity index is 1460. The van der Waals surface area contributed by atoms with Crippen LogP contribution in [0, 0.1) is 0 Å². The summed E-state index contributed by atoms with van der Waals surface area (Å²) in [5.74, 6) is 2.95. The molecule has 3 heterocycles.